The third kappa shape index (κ3) is 8.22. The molecule has 0 saturated carbocycles. The number of hydrogen-bond donors (Lipinski definition) is 4. The van der Waals surface area contributed by atoms with Crippen LogP contribution < -0.4 is 4.74 Å². The maximum atomic E-state index is 10.1. The summed E-state index contributed by atoms with van der Waals surface area (Å²) in [6.07, 6.45) is 5.30. The molecule has 0 radical (unpaired) electrons. The molecule has 0 amide bonds. The van der Waals surface area contributed by atoms with Crippen LogP contribution in [0.3, 0.4) is 0 Å². The fraction of sp³-hybridized carbons (Fsp3) is 0.333. The van der Waals surface area contributed by atoms with Gasteiger partial charge in [0.2, 0.25) is 0 Å². The second-order valence-electron chi connectivity index (χ2n) is 10.0. The van der Waals surface area contributed by atoms with Gasteiger partial charge in [0.25, 0.3) is 0 Å². The molecule has 1 aliphatic heterocycles. The second-order valence-corrected chi connectivity index (χ2v) is 10.9. The molecule has 1 fully saturated rings. The van der Waals surface area contributed by atoms with E-state index in [1.54, 1.807) is 18.2 Å². The summed E-state index contributed by atoms with van der Waals surface area (Å²) in [5, 5.41) is 20.9. The average molecular weight is 569 g/mol. The highest BCUT2D eigenvalue weighted by Gasteiger charge is 2.17. The summed E-state index contributed by atoms with van der Waals surface area (Å²) < 4.78 is 39.9. The molecule has 5 rings (SSSR count). The quantitative estimate of drug-likeness (QED) is 0.209. The first-order valence-corrected chi connectivity index (χ1v) is 14.7. The predicted molar refractivity (Wildman–Crippen MR) is 156 cm³/mol. The largest absolute Gasteiger partial charge is 0.508 e. The number of ether oxygens (including phenoxy) is 1. The van der Waals surface area contributed by atoms with Crippen LogP contribution in [0.4, 0.5) is 0 Å². The van der Waals surface area contributed by atoms with Crippen LogP contribution in [0.5, 0.6) is 17.2 Å². The molecule has 0 spiro atoms. The summed E-state index contributed by atoms with van der Waals surface area (Å²) >= 11 is 0. The zero-order valence-electron chi connectivity index (χ0n) is 22.5. The number of phenolic OH excluding ortho intramolecular Hbond substituents is 2. The molecule has 1 aliphatic rings. The predicted octanol–water partition coefficient (Wildman–Crippen LogP) is 5.68. The van der Waals surface area contributed by atoms with Crippen molar-refractivity contribution in [3.8, 4) is 28.5 Å². The Bertz CT molecular complexity index is 1500. The molecule has 1 aromatic heterocycles. The van der Waals surface area contributed by atoms with Gasteiger partial charge in [-0.1, -0.05) is 25.0 Å². The zero-order chi connectivity index (χ0) is 28.7. The van der Waals surface area contributed by atoms with Crippen LogP contribution in [0.25, 0.3) is 22.2 Å². The van der Waals surface area contributed by atoms with E-state index in [4.69, 9.17) is 22.3 Å². The smallest absolute Gasteiger partial charge is 0.394 e. The van der Waals surface area contributed by atoms with Gasteiger partial charge >= 0.3 is 10.4 Å². The number of likely N-dealkylation sites (tertiary alicyclic amines) is 1. The van der Waals surface area contributed by atoms with Crippen molar-refractivity contribution in [2.45, 2.75) is 39.2 Å². The normalized spacial score (nSPS) is 14.4. The highest BCUT2D eigenvalue weighted by Crippen LogP contribution is 2.36. The van der Waals surface area contributed by atoms with Crippen molar-refractivity contribution in [3.63, 3.8) is 0 Å². The number of rotatable bonds is 7. The lowest BCUT2D eigenvalue weighted by molar-refractivity contribution is 0.214. The molecule has 4 aromatic rings. The Morgan fingerprint density at radius 1 is 0.825 bits per heavy atom. The highest BCUT2D eigenvalue weighted by atomic mass is 32.3. The SMILES string of the molecule is Cc1c(-c2ccc(O)cc2)n(Cc2ccc(OCCN3CCCCCC3)cc2)c2ccc(O)cc12.O=S(=O)(O)O. The van der Waals surface area contributed by atoms with E-state index >= 15 is 0 Å². The number of phenols is 2. The number of aromatic nitrogens is 1. The van der Waals surface area contributed by atoms with Gasteiger partial charge in [-0.05, 0) is 104 Å². The summed E-state index contributed by atoms with van der Waals surface area (Å²) in [7, 11) is -4.67. The van der Waals surface area contributed by atoms with Crippen molar-refractivity contribution in [2.24, 2.45) is 0 Å². The fourth-order valence-electron chi connectivity index (χ4n) is 5.19. The Morgan fingerprint density at radius 2 is 1.43 bits per heavy atom. The lowest BCUT2D eigenvalue weighted by Crippen LogP contribution is -2.29. The Balaban J connectivity index is 0.000000681. The monoisotopic (exact) mass is 568 g/mol. The number of benzene rings is 3. The molecule has 0 bridgehead atoms. The van der Waals surface area contributed by atoms with Gasteiger partial charge in [-0.25, -0.2) is 0 Å². The van der Waals surface area contributed by atoms with Crippen LogP contribution in [0, 0.1) is 6.92 Å². The summed E-state index contributed by atoms with van der Waals surface area (Å²) in [4.78, 5) is 2.52. The van der Waals surface area contributed by atoms with Gasteiger partial charge in [0.15, 0.2) is 0 Å². The van der Waals surface area contributed by atoms with Crippen molar-refractivity contribution in [1.82, 2.24) is 9.47 Å². The van der Waals surface area contributed by atoms with E-state index in [-0.39, 0.29) is 11.5 Å². The van der Waals surface area contributed by atoms with Gasteiger partial charge in [0, 0.05) is 24.0 Å². The van der Waals surface area contributed by atoms with Gasteiger partial charge in [-0.15, -0.1) is 0 Å². The Kier molecular flexibility index (Phi) is 9.70. The molecule has 1 saturated heterocycles. The molecule has 3 aromatic carbocycles. The van der Waals surface area contributed by atoms with Gasteiger partial charge in [-0.2, -0.15) is 8.42 Å². The zero-order valence-corrected chi connectivity index (χ0v) is 23.3. The lowest BCUT2D eigenvalue weighted by Gasteiger charge is -2.19. The van der Waals surface area contributed by atoms with Crippen LogP contribution in [0.15, 0.2) is 66.7 Å². The maximum absolute atomic E-state index is 10.1. The molecular weight excluding hydrogens is 532 g/mol. The van der Waals surface area contributed by atoms with E-state index in [0.717, 1.165) is 46.6 Å². The molecule has 4 N–H and O–H groups in total. The van der Waals surface area contributed by atoms with E-state index < -0.39 is 10.4 Å². The van der Waals surface area contributed by atoms with E-state index in [1.165, 1.54) is 44.3 Å². The van der Waals surface area contributed by atoms with Gasteiger partial charge in [0.05, 0.1) is 5.69 Å². The summed E-state index contributed by atoms with van der Waals surface area (Å²) in [6.45, 7) is 6.86. The second kappa shape index (κ2) is 13.2. The van der Waals surface area contributed by atoms with Crippen LogP contribution in [0.2, 0.25) is 0 Å². The van der Waals surface area contributed by atoms with Crippen LogP contribution in [-0.4, -0.2) is 63.4 Å². The van der Waals surface area contributed by atoms with Crippen molar-refractivity contribution >= 4 is 21.3 Å². The van der Waals surface area contributed by atoms with Crippen molar-refractivity contribution in [1.29, 1.82) is 0 Å². The number of hydrogen-bond acceptors (Lipinski definition) is 6. The first kappa shape index (κ1) is 29.4. The van der Waals surface area contributed by atoms with Gasteiger partial charge in [-0.3, -0.25) is 14.0 Å². The van der Waals surface area contributed by atoms with Crippen molar-refractivity contribution in [3.05, 3.63) is 77.9 Å². The number of aromatic hydroxyl groups is 2. The molecule has 10 heteroatoms. The third-order valence-electron chi connectivity index (χ3n) is 7.08. The molecule has 214 valence electrons. The van der Waals surface area contributed by atoms with Crippen LogP contribution in [-0.2, 0) is 16.9 Å². The van der Waals surface area contributed by atoms with E-state index in [9.17, 15) is 10.2 Å². The minimum Gasteiger partial charge on any atom is -0.508 e. The lowest BCUT2D eigenvalue weighted by atomic mass is 10.1. The van der Waals surface area contributed by atoms with Crippen LogP contribution >= 0.6 is 0 Å². The molecule has 2 heterocycles. The molecule has 9 nitrogen and oxygen atoms in total. The Morgan fingerprint density at radius 3 is 2.05 bits per heavy atom. The molecule has 0 atom stereocenters. The summed E-state index contributed by atoms with van der Waals surface area (Å²) in [6, 6.07) is 21.2. The average Bonchev–Trinajstić information content (AvgIpc) is 3.05. The number of aryl methyl sites for hydroxylation is 1. The minimum atomic E-state index is -4.67. The molecule has 40 heavy (non-hydrogen) atoms. The number of nitrogens with zero attached hydrogens (tertiary/aromatic N) is 2. The third-order valence-corrected chi connectivity index (χ3v) is 7.08. The van der Waals surface area contributed by atoms with Crippen LogP contribution in [0.1, 0.15) is 36.8 Å². The highest BCUT2D eigenvalue weighted by molar-refractivity contribution is 7.79. The van der Waals surface area contributed by atoms with E-state index in [2.05, 4.69) is 40.7 Å². The van der Waals surface area contributed by atoms with Gasteiger partial charge in [0.1, 0.15) is 23.9 Å². The summed E-state index contributed by atoms with van der Waals surface area (Å²) in [5.41, 5.74) is 5.47. The van der Waals surface area contributed by atoms with Gasteiger partial charge < -0.3 is 19.5 Å². The Hall–Kier alpha value is -3.57. The summed E-state index contributed by atoms with van der Waals surface area (Å²) in [5.74, 6) is 1.41. The molecular formula is C30H36N2O7S. The topological polar surface area (TPSA) is 132 Å². The van der Waals surface area contributed by atoms with E-state index in [0.29, 0.717) is 6.54 Å². The molecule has 0 unspecified atom stereocenters. The number of fused-ring (bicyclic) bond motifs is 1. The first-order chi connectivity index (χ1) is 19.1. The van der Waals surface area contributed by atoms with Crippen molar-refractivity contribution in [2.75, 3.05) is 26.2 Å². The fourth-order valence-corrected chi connectivity index (χ4v) is 5.19. The maximum Gasteiger partial charge on any atom is 0.394 e. The Labute approximate surface area is 234 Å². The van der Waals surface area contributed by atoms with Crippen molar-refractivity contribution < 1.29 is 32.5 Å². The van der Waals surface area contributed by atoms with E-state index in [1.807, 2.05) is 24.3 Å². The molecule has 0 aliphatic carbocycles. The standard InChI is InChI=1S/C30H34N2O3.H2O4S/c1-22-28-20-26(34)12-15-29(28)32(30(22)24-8-10-25(33)11-9-24)21-23-6-13-27(14-7-23)35-19-18-31-16-4-2-3-5-17-31;1-5(2,3)4/h6-15,20,33-34H,2-5,16-19,21H2,1H3;(H2,1,2,3,4). The minimum absolute atomic E-state index is 0.248. The first-order valence-electron chi connectivity index (χ1n) is 13.3.